The van der Waals surface area contributed by atoms with Crippen LogP contribution in [0.4, 0.5) is 8.78 Å². The van der Waals surface area contributed by atoms with Gasteiger partial charge >= 0.3 is 0 Å². The molecule has 66 valence electrons. The molecule has 0 unspecified atom stereocenters. The molecule has 0 spiro atoms. The Labute approximate surface area is 74.2 Å². The van der Waals surface area contributed by atoms with Crippen molar-refractivity contribution in [2.24, 2.45) is 0 Å². The number of alkyl halides is 2. The van der Waals surface area contributed by atoms with Gasteiger partial charge in [-0.05, 0) is 18.4 Å². The van der Waals surface area contributed by atoms with Crippen LogP contribution in [-0.2, 0) is 5.92 Å². The molecule has 1 aromatic rings. The molecule has 4 heteroatoms. The van der Waals surface area contributed by atoms with Gasteiger partial charge in [0.05, 0.1) is 0 Å². The highest BCUT2D eigenvalue weighted by atomic mass is 32.2. The topological polar surface area (TPSA) is 12.9 Å². The molecule has 0 aliphatic rings. The van der Waals surface area contributed by atoms with Crippen molar-refractivity contribution in [2.45, 2.75) is 17.7 Å². The normalized spacial score (nSPS) is 11.7. The number of nitrogens with zero attached hydrogens (tertiary/aromatic N) is 1. The van der Waals surface area contributed by atoms with E-state index < -0.39 is 5.92 Å². The van der Waals surface area contributed by atoms with Gasteiger partial charge in [0.1, 0.15) is 5.69 Å². The largest absolute Gasteiger partial charge is 0.286 e. The van der Waals surface area contributed by atoms with Gasteiger partial charge in [-0.3, -0.25) is 4.98 Å². The van der Waals surface area contributed by atoms with Gasteiger partial charge in [0, 0.05) is 18.0 Å². The van der Waals surface area contributed by atoms with Crippen LogP contribution in [0, 0.1) is 0 Å². The Balaban J connectivity index is 2.93. The predicted molar refractivity (Wildman–Crippen MR) is 45.6 cm³/mol. The molecule has 1 nitrogen and oxygen atoms in total. The Hall–Kier alpha value is -0.640. The fourth-order valence-corrected chi connectivity index (χ4v) is 1.12. The molecule has 12 heavy (non-hydrogen) atoms. The first-order chi connectivity index (χ1) is 5.54. The van der Waals surface area contributed by atoms with E-state index >= 15 is 0 Å². The molecule has 0 aromatic carbocycles. The molecule has 0 bridgehead atoms. The van der Waals surface area contributed by atoms with Gasteiger partial charge in [-0.25, -0.2) is 0 Å². The van der Waals surface area contributed by atoms with Crippen molar-refractivity contribution in [3.63, 3.8) is 0 Å². The van der Waals surface area contributed by atoms with E-state index in [9.17, 15) is 8.78 Å². The minimum absolute atomic E-state index is 0.180. The number of hydrogen-bond donors (Lipinski definition) is 0. The van der Waals surface area contributed by atoms with Crippen molar-refractivity contribution in [3.8, 4) is 0 Å². The Morgan fingerprint density at radius 1 is 1.42 bits per heavy atom. The van der Waals surface area contributed by atoms with E-state index in [4.69, 9.17) is 0 Å². The van der Waals surface area contributed by atoms with Crippen LogP contribution in [0.15, 0.2) is 23.2 Å². The maximum absolute atomic E-state index is 12.6. The number of pyridine rings is 1. The van der Waals surface area contributed by atoms with Crippen LogP contribution in [-0.4, -0.2) is 11.2 Å². The molecule has 0 atom stereocenters. The number of hydrogen-bond acceptors (Lipinski definition) is 2. The Kier molecular flexibility index (Phi) is 2.67. The maximum Gasteiger partial charge on any atom is 0.286 e. The summed E-state index contributed by atoms with van der Waals surface area (Å²) in [5.74, 6) is -2.84. The first-order valence-electron chi connectivity index (χ1n) is 3.42. The molecular weight excluding hydrogens is 180 g/mol. The summed E-state index contributed by atoms with van der Waals surface area (Å²) < 4.78 is 25.2. The Morgan fingerprint density at radius 2 is 2.08 bits per heavy atom. The molecule has 0 N–H and O–H groups in total. The average molecular weight is 189 g/mol. The molecule has 0 fully saturated rings. The van der Waals surface area contributed by atoms with Gasteiger partial charge in [-0.15, -0.1) is 11.8 Å². The third-order valence-corrected chi connectivity index (χ3v) is 2.13. The van der Waals surface area contributed by atoms with E-state index in [-0.39, 0.29) is 5.69 Å². The second-order valence-electron chi connectivity index (χ2n) is 2.47. The highest BCUT2D eigenvalue weighted by Crippen LogP contribution is 2.25. The standard InChI is InChI=1S/C8H9F2NS/c1-8(9,10)7-4-3-6(12-2)5-11-7/h3-5H,1-2H3. The van der Waals surface area contributed by atoms with Gasteiger partial charge in [0.2, 0.25) is 0 Å². The fraction of sp³-hybridized carbons (Fsp3) is 0.375. The highest BCUT2D eigenvalue weighted by Gasteiger charge is 2.25. The second kappa shape index (κ2) is 3.39. The lowest BCUT2D eigenvalue weighted by atomic mass is 10.2. The van der Waals surface area contributed by atoms with E-state index in [1.54, 1.807) is 6.07 Å². The SMILES string of the molecule is CSc1ccc(C(C)(F)F)nc1. The number of rotatable bonds is 2. The van der Waals surface area contributed by atoms with Gasteiger partial charge in [0.25, 0.3) is 5.92 Å². The summed E-state index contributed by atoms with van der Waals surface area (Å²) in [4.78, 5) is 4.54. The minimum atomic E-state index is -2.84. The quantitative estimate of drug-likeness (QED) is 0.663. The van der Waals surface area contributed by atoms with Gasteiger partial charge in [-0.1, -0.05) is 0 Å². The highest BCUT2D eigenvalue weighted by molar-refractivity contribution is 7.98. The maximum atomic E-state index is 12.6. The van der Waals surface area contributed by atoms with Crippen LogP contribution in [0.5, 0.6) is 0 Å². The van der Waals surface area contributed by atoms with E-state index in [1.165, 1.54) is 24.0 Å². The molecule has 0 aliphatic carbocycles. The van der Waals surface area contributed by atoms with Crippen molar-refractivity contribution in [3.05, 3.63) is 24.0 Å². The number of halogens is 2. The van der Waals surface area contributed by atoms with Crippen molar-refractivity contribution in [1.82, 2.24) is 4.98 Å². The first kappa shape index (κ1) is 9.45. The third-order valence-electron chi connectivity index (χ3n) is 1.42. The molecule has 0 saturated carbocycles. The van der Waals surface area contributed by atoms with Crippen LogP contribution in [0.3, 0.4) is 0 Å². The van der Waals surface area contributed by atoms with Crippen LogP contribution in [0.1, 0.15) is 12.6 Å². The monoisotopic (exact) mass is 189 g/mol. The summed E-state index contributed by atoms with van der Waals surface area (Å²) in [6.07, 6.45) is 3.33. The van der Waals surface area contributed by atoms with E-state index in [1.807, 2.05) is 6.26 Å². The van der Waals surface area contributed by atoms with E-state index in [0.29, 0.717) is 0 Å². The van der Waals surface area contributed by atoms with Crippen LogP contribution >= 0.6 is 11.8 Å². The fourth-order valence-electron chi connectivity index (χ4n) is 0.761. The van der Waals surface area contributed by atoms with E-state index in [2.05, 4.69) is 4.98 Å². The smallest absolute Gasteiger partial charge is 0.254 e. The molecule has 0 aliphatic heterocycles. The molecular formula is C8H9F2NS. The lowest BCUT2D eigenvalue weighted by molar-refractivity contribution is 0.0127. The summed E-state index contributed by atoms with van der Waals surface area (Å²) in [5.41, 5.74) is -0.180. The van der Waals surface area contributed by atoms with Crippen molar-refractivity contribution < 1.29 is 8.78 Å². The summed E-state index contributed by atoms with van der Waals surface area (Å²) in [6, 6.07) is 3.00. The lowest BCUT2D eigenvalue weighted by Gasteiger charge is -2.08. The molecule has 0 radical (unpaired) electrons. The molecule has 1 aromatic heterocycles. The Bertz CT molecular complexity index is 253. The Morgan fingerprint density at radius 3 is 2.42 bits per heavy atom. The third kappa shape index (κ3) is 2.17. The second-order valence-corrected chi connectivity index (χ2v) is 3.35. The summed E-state index contributed by atoms with van der Waals surface area (Å²) >= 11 is 1.48. The lowest BCUT2D eigenvalue weighted by Crippen LogP contribution is -2.08. The van der Waals surface area contributed by atoms with Crippen LogP contribution in [0.2, 0.25) is 0 Å². The number of thioether (sulfide) groups is 1. The summed E-state index contributed by atoms with van der Waals surface area (Å²) in [6.45, 7) is 0.841. The summed E-state index contributed by atoms with van der Waals surface area (Å²) in [5, 5.41) is 0. The minimum Gasteiger partial charge on any atom is -0.254 e. The first-order valence-corrected chi connectivity index (χ1v) is 4.65. The molecule has 0 saturated heterocycles. The van der Waals surface area contributed by atoms with Crippen LogP contribution in [0.25, 0.3) is 0 Å². The van der Waals surface area contributed by atoms with Gasteiger partial charge in [-0.2, -0.15) is 8.78 Å². The molecule has 1 rings (SSSR count). The zero-order valence-electron chi connectivity index (χ0n) is 6.84. The zero-order chi connectivity index (χ0) is 9.19. The van der Waals surface area contributed by atoms with Crippen molar-refractivity contribution >= 4 is 11.8 Å². The number of aromatic nitrogens is 1. The van der Waals surface area contributed by atoms with Crippen molar-refractivity contribution in [1.29, 1.82) is 0 Å². The molecule has 1 heterocycles. The summed E-state index contributed by atoms with van der Waals surface area (Å²) in [7, 11) is 0. The van der Waals surface area contributed by atoms with Gasteiger partial charge in [0.15, 0.2) is 0 Å². The average Bonchev–Trinajstić information content (AvgIpc) is 2.03. The molecule has 0 amide bonds. The van der Waals surface area contributed by atoms with Crippen molar-refractivity contribution in [2.75, 3.05) is 6.26 Å². The van der Waals surface area contributed by atoms with Crippen LogP contribution < -0.4 is 0 Å². The van der Waals surface area contributed by atoms with E-state index in [0.717, 1.165) is 11.8 Å². The predicted octanol–water partition coefficient (Wildman–Crippen LogP) is 2.92. The van der Waals surface area contributed by atoms with Gasteiger partial charge < -0.3 is 0 Å². The zero-order valence-corrected chi connectivity index (χ0v) is 7.66.